The Balaban J connectivity index is 1.24. The number of nitrogens with zero attached hydrogens (tertiary/aromatic N) is 1. The van der Waals surface area contributed by atoms with Gasteiger partial charge in [0.25, 0.3) is 0 Å². The number of aryl methyl sites for hydroxylation is 1. The molecule has 1 saturated carbocycles. The first-order chi connectivity index (χ1) is 22.6. The van der Waals surface area contributed by atoms with E-state index in [1.54, 1.807) is 18.2 Å². The van der Waals surface area contributed by atoms with Crippen LogP contribution in [-0.4, -0.2) is 64.5 Å². The predicted molar refractivity (Wildman–Crippen MR) is 181 cm³/mol. The average molecular weight is 648 g/mol. The summed E-state index contributed by atoms with van der Waals surface area (Å²) in [6, 6.07) is 13.4. The number of ether oxygens (including phenoxy) is 1. The maximum Gasteiger partial charge on any atom is 0.227 e. The van der Waals surface area contributed by atoms with Crippen LogP contribution in [-0.2, 0) is 16.6 Å². The number of aliphatic imine (C=N–C) groups is 1. The van der Waals surface area contributed by atoms with Gasteiger partial charge in [-0.25, -0.2) is 0 Å². The largest absolute Gasteiger partial charge is 0.504 e. The van der Waals surface area contributed by atoms with Gasteiger partial charge < -0.3 is 36.6 Å². The summed E-state index contributed by atoms with van der Waals surface area (Å²) in [6.45, 7) is 3.12. The third-order valence-electron chi connectivity index (χ3n) is 9.96. The molecule has 5 atom stereocenters. The van der Waals surface area contributed by atoms with Gasteiger partial charge in [-0.15, -0.1) is 0 Å². The van der Waals surface area contributed by atoms with Crippen molar-refractivity contribution in [2.75, 3.05) is 19.9 Å². The Kier molecular flexibility index (Phi) is 11.7. The van der Waals surface area contributed by atoms with Crippen molar-refractivity contribution in [1.29, 1.82) is 0 Å². The number of Topliss-reactive ketones (excluding diaryl/α,β-unsaturated/α-hetero) is 1. The first-order valence-corrected chi connectivity index (χ1v) is 17.0. The summed E-state index contributed by atoms with van der Waals surface area (Å²) in [5, 5.41) is 40.3. The first-order valence-electron chi connectivity index (χ1n) is 17.0. The molecule has 9 N–H and O–H groups in total. The molecule has 0 aromatic heterocycles. The second-order valence-electron chi connectivity index (χ2n) is 13.5. The van der Waals surface area contributed by atoms with Crippen molar-refractivity contribution in [3.05, 3.63) is 82.2 Å². The van der Waals surface area contributed by atoms with Crippen LogP contribution in [0.5, 0.6) is 11.5 Å². The van der Waals surface area contributed by atoms with Gasteiger partial charge >= 0.3 is 0 Å². The first kappa shape index (κ1) is 34.9. The van der Waals surface area contributed by atoms with E-state index >= 15 is 0 Å². The lowest BCUT2D eigenvalue weighted by Gasteiger charge is -2.32. The molecule has 1 aliphatic carbocycles. The van der Waals surface area contributed by atoms with Gasteiger partial charge in [0, 0.05) is 36.7 Å². The van der Waals surface area contributed by atoms with E-state index in [-0.39, 0.29) is 49.5 Å². The van der Waals surface area contributed by atoms with Crippen molar-refractivity contribution in [2.24, 2.45) is 22.4 Å². The number of carbonyl (C=O) groups excluding carboxylic acids is 1. The van der Waals surface area contributed by atoms with E-state index in [1.807, 2.05) is 25.3 Å². The van der Waals surface area contributed by atoms with Gasteiger partial charge in [-0.1, -0.05) is 43.7 Å². The number of hydrogen-bond acceptors (Lipinski definition) is 9. The lowest BCUT2D eigenvalue weighted by molar-refractivity contribution is -0.855. The minimum absolute atomic E-state index is 0.0187. The molecule has 0 spiro atoms. The van der Waals surface area contributed by atoms with E-state index in [0.717, 1.165) is 53.8 Å². The number of phenolic OH excluding ortho intramolecular Hbond substituents is 1. The van der Waals surface area contributed by atoms with Crippen LogP contribution in [0.1, 0.15) is 87.6 Å². The molecule has 1 fully saturated rings. The summed E-state index contributed by atoms with van der Waals surface area (Å²) in [5.41, 5.74) is 18.1. The molecule has 2 aromatic rings. The van der Waals surface area contributed by atoms with Crippen LogP contribution in [0, 0.1) is 5.92 Å². The molecule has 0 saturated heterocycles. The van der Waals surface area contributed by atoms with Gasteiger partial charge in [0.05, 0.1) is 18.4 Å². The summed E-state index contributed by atoms with van der Waals surface area (Å²) < 4.78 is 6.11. The van der Waals surface area contributed by atoms with E-state index < -0.39 is 18.4 Å². The highest BCUT2D eigenvalue weighted by atomic mass is 16.5. The second-order valence-corrected chi connectivity index (χ2v) is 13.5. The Labute approximate surface area is 277 Å². The zero-order valence-electron chi connectivity index (χ0n) is 27.4. The van der Waals surface area contributed by atoms with Crippen LogP contribution < -0.4 is 21.1 Å². The molecule has 10 heteroatoms. The number of aliphatic hydroxyl groups is 3. The minimum Gasteiger partial charge on any atom is -0.504 e. The fourth-order valence-electron chi connectivity index (χ4n) is 7.49. The normalized spacial score (nSPS) is 23.3. The minimum atomic E-state index is -0.848. The Morgan fingerprint density at radius 2 is 2.00 bits per heavy atom. The number of aliphatic hydroxyl groups excluding tert-OH is 3. The van der Waals surface area contributed by atoms with Crippen molar-refractivity contribution < 1.29 is 34.9 Å². The smallest absolute Gasteiger partial charge is 0.227 e. The molecular formula is C37H51N4O6+. The summed E-state index contributed by atoms with van der Waals surface area (Å²) in [6.07, 6.45) is 8.11. The van der Waals surface area contributed by atoms with Crippen LogP contribution in [0.15, 0.2) is 70.5 Å². The van der Waals surface area contributed by atoms with E-state index in [1.165, 1.54) is 16.7 Å². The van der Waals surface area contributed by atoms with Gasteiger partial charge in [-0.05, 0) is 85.3 Å². The zero-order valence-corrected chi connectivity index (χ0v) is 27.4. The van der Waals surface area contributed by atoms with Gasteiger partial charge in [0.15, 0.2) is 11.5 Å². The zero-order chi connectivity index (χ0) is 33.6. The topological polar surface area (TPSA) is 176 Å². The van der Waals surface area contributed by atoms with E-state index in [9.17, 15) is 25.2 Å². The Hall–Kier alpha value is -3.38. The van der Waals surface area contributed by atoms with Crippen LogP contribution in [0.4, 0.5) is 0 Å². The molecule has 0 amide bonds. The molecule has 2 aliphatic heterocycles. The van der Waals surface area contributed by atoms with E-state index in [4.69, 9.17) is 21.2 Å². The number of fused-ring (bicyclic) bond motifs is 1. The van der Waals surface area contributed by atoms with E-state index in [0.29, 0.717) is 31.1 Å². The molecule has 5 rings (SSSR count). The predicted octanol–water partition coefficient (Wildman–Crippen LogP) is 2.69. The molecule has 2 aromatic carbocycles. The molecule has 0 bridgehead atoms. The number of nitrogens with two attached hydrogens (primary N) is 2. The Morgan fingerprint density at radius 1 is 1.17 bits per heavy atom. The number of aromatic hydroxyl groups is 1. The number of hydrogen-bond donors (Lipinski definition) is 7. The molecule has 2 heterocycles. The number of rotatable bonds is 17. The third kappa shape index (κ3) is 8.38. The van der Waals surface area contributed by atoms with Crippen molar-refractivity contribution in [3.8, 4) is 11.5 Å². The molecule has 47 heavy (non-hydrogen) atoms. The average Bonchev–Trinajstić information content (AvgIpc) is 3.75. The highest BCUT2D eigenvalue weighted by molar-refractivity contribution is 5.90. The van der Waals surface area contributed by atoms with Crippen LogP contribution in [0.25, 0.3) is 0 Å². The molecule has 3 aliphatic rings. The number of ketones is 1. The fourth-order valence-corrected chi connectivity index (χ4v) is 7.49. The van der Waals surface area contributed by atoms with Crippen LogP contribution in [0.3, 0.4) is 0 Å². The van der Waals surface area contributed by atoms with Gasteiger partial charge in [0.1, 0.15) is 24.2 Å². The number of phenols is 1. The third-order valence-corrected chi connectivity index (χ3v) is 9.96. The fraction of sp³-hybridized carbons (Fsp3) is 0.514. The number of carbonyl (C=O) groups is 1. The van der Waals surface area contributed by atoms with Gasteiger partial charge in [0.2, 0.25) is 6.73 Å². The summed E-state index contributed by atoms with van der Waals surface area (Å²) in [5.74, 6) is 0.726. The molecular weight excluding hydrogens is 596 g/mol. The maximum atomic E-state index is 12.5. The van der Waals surface area contributed by atoms with Crippen molar-refractivity contribution in [1.82, 2.24) is 0 Å². The van der Waals surface area contributed by atoms with Gasteiger partial charge in [-0.3, -0.25) is 14.7 Å². The molecule has 0 radical (unpaired) electrons. The summed E-state index contributed by atoms with van der Waals surface area (Å²) in [4.78, 5) is 18.4. The molecule has 254 valence electrons. The summed E-state index contributed by atoms with van der Waals surface area (Å²) in [7, 11) is 0. The Morgan fingerprint density at radius 3 is 2.77 bits per heavy atom. The number of allylic oxidation sites excluding steroid dienone is 1. The SMILES string of the molecule is CCC[C@H](O)C[C@@H](O)CC(=O)CCc1ccc(O)c(OC[NH+]2C=C3N=CC([C@]4(c5cccc(C(N)N)c5)CC[C@H](CCO)C4)=C3C2)c1. The highest BCUT2D eigenvalue weighted by Crippen LogP contribution is 2.52. The highest BCUT2D eigenvalue weighted by Gasteiger charge is 2.47. The van der Waals surface area contributed by atoms with Gasteiger partial charge in [-0.2, -0.15) is 0 Å². The quantitative estimate of drug-likeness (QED) is 0.128. The van der Waals surface area contributed by atoms with Crippen molar-refractivity contribution >= 4 is 12.0 Å². The summed E-state index contributed by atoms with van der Waals surface area (Å²) >= 11 is 0. The van der Waals surface area contributed by atoms with E-state index in [2.05, 4.69) is 18.3 Å². The maximum absolute atomic E-state index is 12.5. The van der Waals surface area contributed by atoms with Crippen LogP contribution >= 0.6 is 0 Å². The lowest BCUT2D eigenvalue weighted by Crippen LogP contribution is -3.07. The van der Waals surface area contributed by atoms with Crippen molar-refractivity contribution in [3.63, 3.8) is 0 Å². The molecule has 10 nitrogen and oxygen atoms in total. The molecule has 1 unspecified atom stereocenters. The monoisotopic (exact) mass is 647 g/mol. The Bertz CT molecular complexity index is 1500. The lowest BCUT2D eigenvalue weighted by atomic mass is 9.70. The number of nitrogens with one attached hydrogen (secondary N) is 1. The number of quaternary nitrogens is 1. The number of benzene rings is 2. The standard InChI is InChI=1S/C37H50N4O6/c1-2-4-28(43)17-30(45)18-29(44)9-7-24-8-10-34(46)35(15-24)47-23-41-21-31-32(20-40-33(31)22-41)37(13-11-25(19-37)12-14-42)27-6-3-5-26(16-27)36(38)39/h3,5-6,8,10,15-16,20,22,25,28,30,36,42-43,45-46H,2,4,7,9,11-14,17-19,21,23,38-39H2,1H3/p+1/t25-,28+,30-,37-/m1/s1. The van der Waals surface area contributed by atoms with Crippen LogP contribution in [0.2, 0.25) is 0 Å². The second kappa shape index (κ2) is 15.7. The van der Waals surface area contributed by atoms with Crippen molar-refractivity contribution in [2.45, 2.75) is 94.9 Å².